The number of carbonyl (C=O) groups excluding carboxylic acids is 1. The van der Waals surface area contributed by atoms with Gasteiger partial charge in [-0.05, 0) is 62.4 Å². The van der Waals surface area contributed by atoms with Crippen LogP contribution >= 0.6 is 0 Å². The molecule has 1 aliphatic rings. The monoisotopic (exact) mass is 354 g/mol. The van der Waals surface area contributed by atoms with Gasteiger partial charge in [-0.25, -0.2) is 0 Å². The van der Waals surface area contributed by atoms with E-state index in [2.05, 4.69) is 29.4 Å². The molecule has 0 atom stereocenters. The molecule has 1 aliphatic heterocycles. The van der Waals surface area contributed by atoms with E-state index in [0.717, 1.165) is 37.6 Å². The number of amides is 1. The van der Waals surface area contributed by atoms with Crippen molar-refractivity contribution < 1.29 is 14.4 Å². The van der Waals surface area contributed by atoms with Crippen molar-refractivity contribution in [3.63, 3.8) is 0 Å². The number of carbonyl (C=O) groups is 1. The maximum absolute atomic E-state index is 12.4. The van der Waals surface area contributed by atoms with Crippen LogP contribution in [0.3, 0.4) is 0 Å². The minimum Gasteiger partial charge on any atom is -0.491 e. The van der Waals surface area contributed by atoms with Crippen LogP contribution in [0.25, 0.3) is 0 Å². The maximum Gasteiger partial charge on any atom is 0.255 e. The van der Waals surface area contributed by atoms with E-state index in [1.807, 2.05) is 38.1 Å². The summed E-state index contributed by atoms with van der Waals surface area (Å²) in [6.07, 6.45) is 0.120. The van der Waals surface area contributed by atoms with Gasteiger partial charge in [0.05, 0.1) is 39.3 Å². The Morgan fingerprint density at radius 3 is 2.23 bits per heavy atom. The van der Waals surface area contributed by atoms with E-state index in [1.54, 1.807) is 17.0 Å². The predicted molar refractivity (Wildman–Crippen MR) is 105 cm³/mol. The lowest BCUT2D eigenvalue weighted by atomic mass is 10.2. The van der Waals surface area contributed by atoms with E-state index in [1.165, 1.54) is 5.69 Å². The second kappa shape index (κ2) is 8.23. The molecule has 1 amide bonds. The summed E-state index contributed by atoms with van der Waals surface area (Å²) in [4.78, 5) is 16.4. The van der Waals surface area contributed by atoms with Gasteiger partial charge < -0.3 is 19.9 Å². The molecule has 5 heteroatoms. The number of anilines is 2. The van der Waals surface area contributed by atoms with Gasteiger partial charge in [0.25, 0.3) is 5.91 Å². The molecule has 5 nitrogen and oxygen atoms in total. The van der Waals surface area contributed by atoms with Gasteiger partial charge in [0.15, 0.2) is 0 Å². The zero-order valence-corrected chi connectivity index (χ0v) is 15.8. The number of rotatable bonds is 5. The molecule has 2 aromatic rings. The van der Waals surface area contributed by atoms with Gasteiger partial charge in [0.2, 0.25) is 0 Å². The number of hydrogen-bond acceptors (Lipinski definition) is 3. The normalized spacial score (nSPS) is 15.2. The highest BCUT2D eigenvalue weighted by atomic mass is 16.5. The Bertz CT molecular complexity index is 718. The molecule has 26 heavy (non-hydrogen) atoms. The van der Waals surface area contributed by atoms with Gasteiger partial charge in [-0.1, -0.05) is 0 Å². The molecule has 2 aromatic carbocycles. The summed E-state index contributed by atoms with van der Waals surface area (Å²) in [6, 6.07) is 15.3. The van der Waals surface area contributed by atoms with Crippen molar-refractivity contribution in [2.75, 3.05) is 43.4 Å². The van der Waals surface area contributed by atoms with Crippen LogP contribution in [0.15, 0.2) is 48.5 Å². The van der Waals surface area contributed by atoms with Crippen LogP contribution in [0, 0.1) is 0 Å². The highest BCUT2D eigenvalue weighted by Crippen LogP contribution is 2.19. The fourth-order valence-electron chi connectivity index (χ4n) is 3.06. The van der Waals surface area contributed by atoms with Gasteiger partial charge in [-0.3, -0.25) is 4.79 Å². The molecule has 0 aliphatic carbocycles. The lowest BCUT2D eigenvalue weighted by Crippen LogP contribution is -3.12. The van der Waals surface area contributed by atoms with E-state index >= 15 is 0 Å². The summed E-state index contributed by atoms with van der Waals surface area (Å²) in [5.74, 6) is 0.659. The van der Waals surface area contributed by atoms with Crippen molar-refractivity contribution in [2.45, 2.75) is 20.0 Å². The first-order valence-electron chi connectivity index (χ1n) is 9.25. The maximum atomic E-state index is 12.4. The minimum absolute atomic E-state index is 0.114. The second-order valence-electron chi connectivity index (χ2n) is 7.14. The number of nitrogens with zero attached hydrogens (tertiary/aromatic N) is 1. The van der Waals surface area contributed by atoms with Crippen molar-refractivity contribution >= 4 is 17.3 Å². The number of quaternary nitrogens is 1. The largest absolute Gasteiger partial charge is 0.491 e. The van der Waals surface area contributed by atoms with Crippen LogP contribution in [-0.2, 0) is 0 Å². The van der Waals surface area contributed by atoms with Crippen LogP contribution in [0.5, 0.6) is 5.75 Å². The highest BCUT2D eigenvalue weighted by Gasteiger charge is 2.16. The van der Waals surface area contributed by atoms with Crippen LogP contribution < -0.4 is 19.9 Å². The van der Waals surface area contributed by atoms with E-state index in [-0.39, 0.29) is 12.0 Å². The number of likely N-dealkylation sites (N-methyl/N-ethyl adjacent to an activating group) is 1. The Balaban J connectivity index is 1.59. The summed E-state index contributed by atoms with van der Waals surface area (Å²) in [5.41, 5.74) is 2.64. The van der Waals surface area contributed by atoms with Crippen molar-refractivity contribution in [3.8, 4) is 5.75 Å². The van der Waals surface area contributed by atoms with Crippen LogP contribution in [0.4, 0.5) is 11.4 Å². The molecule has 1 fully saturated rings. The molecule has 3 rings (SSSR count). The summed E-state index contributed by atoms with van der Waals surface area (Å²) in [7, 11) is 2.23. The number of piperazine rings is 1. The predicted octanol–water partition coefficient (Wildman–Crippen LogP) is 2.06. The molecule has 138 valence electrons. The van der Waals surface area contributed by atoms with Crippen LogP contribution in [-0.4, -0.2) is 45.2 Å². The van der Waals surface area contributed by atoms with Crippen molar-refractivity contribution in [1.29, 1.82) is 0 Å². The molecule has 0 saturated carbocycles. The minimum atomic E-state index is -0.114. The van der Waals surface area contributed by atoms with Crippen LogP contribution in [0.1, 0.15) is 24.2 Å². The van der Waals surface area contributed by atoms with E-state index in [9.17, 15) is 4.79 Å². The third kappa shape index (κ3) is 4.76. The highest BCUT2D eigenvalue weighted by molar-refractivity contribution is 6.04. The lowest BCUT2D eigenvalue weighted by molar-refractivity contribution is -0.880. The zero-order valence-electron chi connectivity index (χ0n) is 15.8. The van der Waals surface area contributed by atoms with Crippen molar-refractivity contribution in [1.82, 2.24) is 0 Å². The van der Waals surface area contributed by atoms with Crippen molar-refractivity contribution in [2.24, 2.45) is 0 Å². The Labute approximate surface area is 155 Å². The summed E-state index contributed by atoms with van der Waals surface area (Å²) >= 11 is 0. The molecule has 0 unspecified atom stereocenters. The van der Waals surface area contributed by atoms with Gasteiger partial charge in [0.1, 0.15) is 5.75 Å². The van der Waals surface area contributed by atoms with Gasteiger partial charge >= 0.3 is 0 Å². The van der Waals surface area contributed by atoms with Gasteiger partial charge in [0, 0.05) is 16.9 Å². The Kier molecular flexibility index (Phi) is 5.78. The topological polar surface area (TPSA) is 46.0 Å². The SMILES string of the molecule is CC(C)Oc1ccc(C(=O)Nc2ccc(N3CC[NH+](C)CC3)cc2)cc1. The number of benzene rings is 2. The number of ether oxygens (including phenoxy) is 1. The fourth-order valence-corrected chi connectivity index (χ4v) is 3.06. The van der Waals surface area contributed by atoms with E-state index in [0.29, 0.717) is 5.56 Å². The van der Waals surface area contributed by atoms with E-state index in [4.69, 9.17) is 4.74 Å². The quantitative estimate of drug-likeness (QED) is 0.864. The first-order chi connectivity index (χ1) is 12.5. The third-order valence-corrected chi connectivity index (χ3v) is 4.60. The fraction of sp³-hybridized carbons (Fsp3) is 0.381. The standard InChI is InChI=1S/C21H27N3O2/c1-16(2)26-20-10-4-17(5-11-20)21(25)22-18-6-8-19(9-7-18)24-14-12-23(3)13-15-24/h4-11,16H,12-15H2,1-3H3,(H,22,25)/p+1. The Morgan fingerprint density at radius 2 is 1.65 bits per heavy atom. The zero-order chi connectivity index (χ0) is 18.5. The molecule has 0 spiro atoms. The molecule has 0 aromatic heterocycles. The third-order valence-electron chi connectivity index (χ3n) is 4.60. The number of nitrogens with one attached hydrogen (secondary N) is 2. The molecule has 1 saturated heterocycles. The van der Waals surface area contributed by atoms with Crippen molar-refractivity contribution in [3.05, 3.63) is 54.1 Å². The van der Waals surface area contributed by atoms with Gasteiger partial charge in [-0.15, -0.1) is 0 Å². The summed E-state index contributed by atoms with van der Waals surface area (Å²) in [5, 5.41) is 2.95. The van der Waals surface area contributed by atoms with E-state index < -0.39 is 0 Å². The smallest absolute Gasteiger partial charge is 0.255 e. The Morgan fingerprint density at radius 1 is 1.04 bits per heavy atom. The molecule has 0 radical (unpaired) electrons. The molecule has 2 N–H and O–H groups in total. The first kappa shape index (κ1) is 18.3. The Hall–Kier alpha value is -2.53. The molecular formula is C21H28N3O2+. The summed E-state index contributed by atoms with van der Waals surface area (Å²) in [6.45, 7) is 8.43. The molecule has 1 heterocycles. The number of hydrogen-bond donors (Lipinski definition) is 2. The summed E-state index contributed by atoms with van der Waals surface area (Å²) < 4.78 is 5.61. The van der Waals surface area contributed by atoms with Crippen LogP contribution in [0.2, 0.25) is 0 Å². The average molecular weight is 354 g/mol. The molecule has 0 bridgehead atoms. The lowest BCUT2D eigenvalue weighted by Gasteiger charge is -2.31. The second-order valence-corrected chi connectivity index (χ2v) is 7.14. The molecular weight excluding hydrogens is 326 g/mol. The first-order valence-corrected chi connectivity index (χ1v) is 9.25. The van der Waals surface area contributed by atoms with Gasteiger partial charge in [-0.2, -0.15) is 0 Å². The average Bonchev–Trinajstić information content (AvgIpc) is 2.63.